The smallest absolute Gasteiger partial charge is 0.234 e. The van der Waals surface area contributed by atoms with Crippen molar-refractivity contribution < 1.29 is 9.59 Å². The van der Waals surface area contributed by atoms with Gasteiger partial charge in [0, 0.05) is 34.3 Å². The zero-order chi connectivity index (χ0) is 26.5. The first-order chi connectivity index (χ1) is 18.5. The Morgan fingerprint density at radius 2 is 1.76 bits per heavy atom. The Kier molecular flexibility index (Phi) is 7.42. The van der Waals surface area contributed by atoms with Crippen molar-refractivity contribution in [2.75, 3.05) is 11.1 Å². The van der Waals surface area contributed by atoms with Gasteiger partial charge in [-0.3, -0.25) is 14.2 Å². The van der Waals surface area contributed by atoms with Gasteiger partial charge in [-0.2, -0.15) is 0 Å². The van der Waals surface area contributed by atoms with Gasteiger partial charge in [0.1, 0.15) is 0 Å². The topological polar surface area (TPSA) is 89.8 Å². The molecule has 0 aliphatic rings. The van der Waals surface area contributed by atoms with Gasteiger partial charge in [0.05, 0.1) is 17.0 Å². The summed E-state index contributed by atoms with van der Waals surface area (Å²) >= 11 is 1.29. The molecule has 0 aliphatic carbocycles. The van der Waals surface area contributed by atoms with E-state index in [0.29, 0.717) is 28.8 Å². The standard InChI is InChI=1S/C30H25N5O2S/c1-3-16-35-29(25-18-27(21-10-5-4-6-11-21)32-26-15-8-7-14-24(25)26)33-34-30(35)38-19-28(37)31-23-13-9-12-22(17-23)20(2)36/h3-15,17-18H,1,16,19H2,2H3,(H,31,37). The highest BCUT2D eigenvalue weighted by Crippen LogP contribution is 2.33. The fourth-order valence-electron chi connectivity index (χ4n) is 4.15. The van der Waals surface area contributed by atoms with Gasteiger partial charge in [0.2, 0.25) is 5.91 Å². The molecule has 188 valence electrons. The summed E-state index contributed by atoms with van der Waals surface area (Å²) in [7, 11) is 0. The van der Waals surface area contributed by atoms with Crippen LogP contribution in [-0.2, 0) is 11.3 Å². The SMILES string of the molecule is C=CCn1c(SCC(=O)Nc2cccc(C(C)=O)c2)nnc1-c1cc(-c2ccccc2)nc2ccccc12. The number of hydrogen-bond donors (Lipinski definition) is 1. The molecule has 7 nitrogen and oxygen atoms in total. The highest BCUT2D eigenvalue weighted by Gasteiger charge is 2.19. The minimum atomic E-state index is -0.203. The molecule has 2 heterocycles. The number of fused-ring (bicyclic) bond motifs is 1. The molecule has 1 N–H and O–H groups in total. The number of amides is 1. The Morgan fingerprint density at radius 3 is 2.55 bits per heavy atom. The van der Waals surface area contributed by atoms with E-state index < -0.39 is 0 Å². The van der Waals surface area contributed by atoms with E-state index in [1.165, 1.54) is 18.7 Å². The summed E-state index contributed by atoms with van der Waals surface area (Å²) in [5.41, 5.74) is 4.74. The van der Waals surface area contributed by atoms with Crippen molar-refractivity contribution in [3.8, 4) is 22.6 Å². The Labute approximate surface area is 224 Å². The van der Waals surface area contributed by atoms with Crippen molar-refractivity contribution in [3.63, 3.8) is 0 Å². The highest BCUT2D eigenvalue weighted by molar-refractivity contribution is 7.99. The quantitative estimate of drug-likeness (QED) is 0.140. The predicted molar refractivity (Wildman–Crippen MR) is 152 cm³/mol. The van der Waals surface area contributed by atoms with Crippen molar-refractivity contribution in [1.82, 2.24) is 19.7 Å². The van der Waals surface area contributed by atoms with Gasteiger partial charge in [-0.25, -0.2) is 4.98 Å². The zero-order valence-electron chi connectivity index (χ0n) is 20.8. The molecular formula is C30H25N5O2S. The molecule has 38 heavy (non-hydrogen) atoms. The Morgan fingerprint density at radius 1 is 0.974 bits per heavy atom. The molecule has 5 rings (SSSR count). The number of nitrogens with zero attached hydrogens (tertiary/aromatic N) is 4. The van der Waals surface area contributed by atoms with Crippen LogP contribution in [-0.4, -0.2) is 37.2 Å². The predicted octanol–water partition coefficient (Wildman–Crippen LogP) is 6.28. The minimum Gasteiger partial charge on any atom is -0.325 e. The molecule has 0 saturated heterocycles. The van der Waals surface area contributed by atoms with Crippen LogP contribution in [0, 0.1) is 0 Å². The molecule has 0 fully saturated rings. The molecule has 3 aromatic carbocycles. The van der Waals surface area contributed by atoms with Crippen molar-refractivity contribution in [2.45, 2.75) is 18.6 Å². The van der Waals surface area contributed by atoms with Crippen molar-refractivity contribution in [1.29, 1.82) is 0 Å². The summed E-state index contributed by atoms with van der Waals surface area (Å²) in [6, 6.07) is 26.9. The summed E-state index contributed by atoms with van der Waals surface area (Å²) in [4.78, 5) is 29.2. The van der Waals surface area contributed by atoms with Crippen LogP contribution in [0.3, 0.4) is 0 Å². The van der Waals surface area contributed by atoms with Crippen LogP contribution in [0.4, 0.5) is 5.69 Å². The van der Waals surface area contributed by atoms with Crippen molar-refractivity contribution >= 4 is 40.0 Å². The summed E-state index contributed by atoms with van der Waals surface area (Å²) in [6.45, 7) is 5.88. The summed E-state index contributed by atoms with van der Waals surface area (Å²) in [5, 5.41) is 13.4. The van der Waals surface area contributed by atoms with Gasteiger partial charge in [-0.15, -0.1) is 16.8 Å². The maximum Gasteiger partial charge on any atom is 0.234 e. The third-order valence-corrected chi connectivity index (χ3v) is 6.91. The van der Waals surface area contributed by atoms with Gasteiger partial charge in [0.25, 0.3) is 0 Å². The molecule has 0 atom stereocenters. The van der Waals surface area contributed by atoms with Gasteiger partial charge >= 0.3 is 0 Å². The van der Waals surface area contributed by atoms with Crippen LogP contribution in [0.1, 0.15) is 17.3 Å². The van der Waals surface area contributed by atoms with E-state index in [9.17, 15) is 9.59 Å². The molecule has 0 saturated carbocycles. The number of Topliss-reactive ketones (excluding diaryl/α,β-unsaturated/α-hetero) is 1. The van der Waals surface area contributed by atoms with Crippen LogP contribution in [0.15, 0.2) is 103 Å². The third-order valence-electron chi connectivity index (χ3n) is 5.94. The first kappa shape index (κ1) is 25.1. The number of anilines is 1. The largest absolute Gasteiger partial charge is 0.325 e. The van der Waals surface area contributed by atoms with Gasteiger partial charge < -0.3 is 5.32 Å². The number of carbonyl (C=O) groups is 2. The lowest BCUT2D eigenvalue weighted by Crippen LogP contribution is -2.15. The van der Waals surface area contributed by atoms with Gasteiger partial charge in [-0.05, 0) is 31.2 Å². The number of rotatable bonds is 9. The van der Waals surface area contributed by atoms with Crippen LogP contribution < -0.4 is 5.32 Å². The second kappa shape index (κ2) is 11.2. The molecule has 0 bridgehead atoms. The van der Waals surface area contributed by atoms with Crippen LogP contribution >= 0.6 is 11.8 Å². The number of thioether (sulfide) groups is 1. The minimum absolute atomic E-state index is 0.0559. The molecule has 0 unspecified atom stereocenters. The second-order valence-electron chi connectivity index (χ2n) is 8.62. The Balaban J connectivity index is 1.45. The summed E-state index contributed by atoms with van der Waals surface area (Å²) < 4.78 is 1.96. The lowest BCUT2D eigenvalue weighted by molar-refractivity contribution is -0.113. The van der Waals surface area contributed by atoms with Crippen molar-refractivity contribution in [2.24, 2.45) is 0 Å². The molecule has 8 heteroatoms. The Bertz CT molecular complexity index is 1650. The monoisotopic (exact) mass is 519 g/mol. The third kappa shape index (κ3) is 5.40. The van der Waals surface area contributed by atoms with Gasteiger partial charge in [0.15, 0.2) is 16.8 Å². The second-order valence-corrected chi connectivity index (χ2v) is 9.56. The van der Waals surface area contributed by atoms with E-state index in [1.54, 1.807) is 30.3 Å². The van der Waals surface area contributed by atoms with Crippen LogP contribution in [0.5, 0.6) is 0 Å². The fraction of sp³-hybridized carbons (Fsp3) is 0.100. The maximum absolute atomic E-state index is 12.7. The van der Waals surface area contributed by atoms with Gasteiger partial charge in [-0.1, -0.05) is 78.5 Å². The number of aromatic nitrogens is 4. The fourth-order valence-corrected chi connectivity index (χ4v) is 4.90. The lowest BCUT2D eigenvalue weighted by atomic mass is 10.0. The number of benzene rings is 3. The number of allylic oxidation sites excluding steroid dienone is 1. The number of pyridine rings is 1. The lowest BCUT2D eigenvalue weighted by Gasteiger charge is -2.12. The number of carbonyl (C=O) groups excluding carboxylic acids is 2. The highest BCUT2D eigenvalue weighted by atomic mass is 32.2. The van der Waals surface area contributed by atoms with E-state index in [-0.39, 0.29) is 17.4 Å². The molecule has 0 spiro atoms. The van der Waals surface area contributed by atoms with E-state index in [2.05, 4.69) is 22.1 Å². The maximum atomic E-state index is 12.7. The molecule has 0 radical (unpaired) electrons. The normalized spacial score (nSPS) is 10.9. The molecule has 5 aromatic rings. The van der Waals surface area contributed by atoms with E-state index in [0.717, 1.165) is 27.7 Å². The molecular weight excluding hydrogens is 494 g/mol. The van der Waals surface area contributed by atoms with Crippen molar-refractivity contribution in [3.05, 3.63) is 103 Å². The van der Waals surface area contributed by atoms with Crippen LogP contribution in [0.25, 0.3) is 33.5 Å². The number of hydrogen-bond acceptors (Lipinski definition) is 6. The summed E-state index contributed by atoms with van der Waals surface area (Å²) in [5.74, 6) is 0.551. The Hall–Kier alpha value is -4.56. The molecule has 1 amide bonds. The number of ketones is 1. The molecule has 0 aliphatic heterocycles. The first-order valence-electron chi connectivity index (χ1n) is 12.1. The first-order valence-corrected chi connectivity index (χ1v) is 13.1. The number of nitrogens with one attached hydrogen (secondary N) is 1. The zero-order valence-corrected chi connectivity index (χ0v) is 21.6. The average Bonchev–Trinajstić information content (AvgIpc) is 3.34. The average molecular weight is 520 g/mol. The van der Waals surface area contributed by atoms with E-state index in [1.807, 2.05) is 65.2 Å². The van der Waals surface area contributed by atoms with Crippen LogP contribution in [0.2, 0.25) is 0 Å². The molecule has 2 aromatic heterocycles. The number of para-hydroxylation sites is 1. The van der Waals surface area contributed by atoms with E-state index in [4.69, 9.17) is 4.98 Å². The van der Waals surface area contributed by atoms with E-state index >= 15 is 0 Å². The summed E-state index contributed by atoms with van der Waals surface area (Å²) in [6.07, 6.45) is 1.78.